The lowest BCUT2D eigenvalue weighted by molar-refractivity contribution is 0.0829. The number of unbranched alkanes of at least 4 members (excludes halogenated alkanes) is 3. The van der Waals surface area contributed by atoms with Crippen molar-refractivity contribution in [1.29, 1.82) is 0 Å². The molecule has 0 heterocycles. The van der Waals surface area contributed by atoms with Crippen molar-refractivity contribution in [2.45, 2.75) is 32.1 Å². The summed E-state index contributed by atoms with van der Waals surface area (Å²) < 4.78 is 0. The fourth-order valence-corrected chi connectivity index (χ4v) is 2.42. The number of terminal acetylenes is 1. The van der Waals surface area contributed by atoms with Crippen LogP contribution in [0.15, 0.2) is 24.3 Å². The van der Waals surface area contributed by atoms with E-state index in [1.54, 1.807) is 24.3 Å². The molecule has 0 saturated carbocycles. The summed E-state index contributed by atoms with van der Waals surface area (Å²) in [6.45, 7) is 0. The monoisotopic (exact) mass is 240 g/mol. The van der Waals surface area contributed by atoms with Crippen LogP contribution in [0, 0.1) is 18.3 Å². The number of rotatable bonds is 5. The zero-order valence-corrected chi connectivity index (χ0v) is 10.3. The lowest BCUT2D eigenvalue weighted by Crippen LogP contribution is -2.14. The van der Waals surface area contributed by atoms with E-state index < -0.39 is 5.92 Å². The molecule has 0 amide bonds. The molecule has 0 unspecified atom stereocenters. The second-order valence-electron chi connectivity index (χ2n) is 4.63. The Labute approximate surface area is 107 Å². The zero-order valence-electron chi connectivity index (χ0n) is 10.3. The van der Waals surface area contributed by atoms with Crippen molar-refractivity contribution in [3.63, 3.8) is 0 Å². The first kappa shape index (κ1) is 12.6. The number of ketones is 2. The number of Topliss-reactive ketones (excluding diaryl/α,β-unsaturated/α-hetero) is 2. The van der Waals surface area contributed by atoms with Gasteiger partial charge < -0.3 is 0 Å². The van der Waals surface area contributed by atoms with Crippen molar-refractivity contribution in [3.05, 3.63) is 35.4 Å². The van der Waals surface area contributed by atoms with Gasteiger partial charge in [0, 0.05) is 17.5 Å². The highest BCUT2D eigenvalue weighted by atomic mass is 16.2. The molecule has 0 spiro atoms. The first-order valence-corrected chi connectivity index (χ1v) is 6.36. The third-order valence-corrected chi connectivity index (χ3v) is 3.40. The highest BCUT2D eigenvalue weighted by Gasteiger charge is 2.37. The minimum atomic E-state index is -0.451. The molecular weight excluding hydrogens is 224 g/mol. The fraction of sp³-hybridized carbons (Fsp3) is 0.375. The van der Waals surface area contributed by atoms with Gasteiger partial charge in [-0.15, -0.1) is 12.3 Å². The van der Waals surface area contributed by atoms with Gasteiger partial charge in [0.1, 0.15) is 0 Å². The van der Waals surface area contributed by atoms with Gasteiger partial charge in [0.25, 0.3) is 0 Å². The summed E-state index contributed by atoms with van der Waals surface area (Å²) in [4.78, 5) is 24.1. The largest absolute Gasteiger partial charge is 0.293 e. The van der Waals surface area contributed by atoms with Gasteiger partial charge in [-0.2, -0.15) is 0 Å². The maximum atomic E-state index is 12.1. The maximum absolute atomic E-state index is 12.1. The van der Waals surface area contributed by atoms with E-state index in [1.807, 2.05) is 0 Å². The molecule has 0 atom stereocenters. The van der Waals surface area contributed by atoms with Crippen LogP contribution in [-0.2, 0) is 0 Å². The molecule has 0 fully saturated rings. The predicted octanol–water partition coefficient (Wildman–Crippen LogP) is 3.27. The molecule has 2 rings (SSSR count). The molecule has 0 bridgehead atoms. The predicted molar refractivity (Wildman–Crippen MR) is 70.5 cm³/mol. The molecule has 2 nitrogen and oxygen atoms in total. The van der Waals surface area contributed by atoms with Gasteiger partial charge >= 0.3 is 0 Å². The van der Waals surface area contributed by atoms with Gasteiger partial charge in [-0.1, -0.05) is 37.1 Å². The minimum absolute atomic E-state index is 0.00690. The first-order valence-electron chi connectivity index (χ1n) is 6.36. The van der Waals surface area contributed by atoms with Gasteiger partial charge in [-0.25, -0.2) is 0 Å². The average molecular weight is 240 g/mol. The molecule has 1 aromatic rings. The van der Waals surface area contributed by atoms with Crippen molar-refractivity contribution < 1.29 is 9.59 Å². The quantitative estimate of drug-likeness (QED) is 0.449. The summed E-state index contributed by atoms with van der Waals surface area (Å²) in [6.07, 6.45) is 9.44. The van der Waals surface area contributed by atoms with Crippen LogP contribution in [0.3, 0.4) is 0 Å². The number of hydrogen-bond donors (Lipinski definition) is 0. The Balaban J connectivity index is 1.95. The molecule has 0 saturated heterocycles. The normalized spacial score (nSPS) is 14.6. The van der Waals surface area contributed by atoms with Crippen molar-refractivity contribution >= 4 is 11.6 Å². The summed E-state index contributed by atoms with van der Waals surface area (Å²) >= 11 is 0. The van der Waals surface area contributed by atoms with E-state index in [9.17, 15) is 9.59 Å². The molecular formula is C16H16O2. The SMILES string of the molecule is C#CCCCCCC1C(=O)c2ccccc2C1=O. The van der Waals surface area contributed by atoms with E-state index in [4.69, 9.17) is 6.42 Å². The van der Waals surface area contributed by atoms with Crippen LogP contribution >= 0.6 is 0 Å². The Hall–Kier alpha value is -1.88. The maximum Gasteiger partial charge on any atom is 0.174 e. The third kappa shape index (κ3) is 2.36. The Morgan fingerprint density at radius 1 is 1.00 bits per heavy atom. The van der Waals surface area contributed by atoms with Crippen LogP contribution in [-0.4, -0.2) is 11.6 Å². The molecule has 0 aliphatic heterocycles. The van der Waals surface area contributed by atoms with E-state index in [0.717, 1.165) is 25.7 Å². The van der Waals surface area contributed by atoms with Gasteiger partial charge in [0.05, 0.1) is 5.92 Å². The molecule has 0 aromatic heterocycles. The van der Waals surface area contributed by atoms with Crippen molar-refractivity contribution in [1.82, 2.24) is 0 Å². The van der Waals surface area contributed by atoms with E-state index in [2.05, 4.69) is 5.92 Å². The van der Waals surface area contributed by atoms with Crippen LogP contribution in [0.4, 0.5) is 0 Å². The summed E-state index contributed by atoms with van der Waals surface area (Å²) in [7, 11) is 0. The highest BCUT2D eigenvalue weighted by molar-refractivity contribution is 6.26. The van der Waals surface area contributed by atoms with Crippen LogP contribution in [0.1, 0.15) is 52.8 Å². The molecule has 0 radical (unpaired) electrons. The van der Waals surface area contributed by atoms with E-state index in [0.29, 0.717) is 17.5 Å². The summed E-state index contributed by atoms with van der Waals surface area (Å²) in [5, 5.41) is 0. The molecule has 2 heteroatoms. The third-order valence-electron chi connectivity index (χ3n) is 3.40. The molecule has 18 heavy (non-hydrogen) atoms. The van der Waals surface area contributed by atoms with E-state index in [1.165, 1.54) is 0 Å². The van der Waals surface area contributed by atoms with E-state index >= 15 is 0 Å². The van der Waals surface area contributed by atoms with Crippen molar-refractivity contribution in [2.24, 2.45) is 5.92 Å². The minimum Gasteiger partial charge on any atom is -0.293 e. The topological polar surface area (TPSA) is 34.1 Å². The standard InChI is InChI=1S/C16H16O2/c1-2-3-4-5-6-11-14-15(17)12-9-7-8-10-13(12)16(14)18/h1,7-10,14H,3-6,11H2. The lowest BCUT2D eigenvalue weighted by Gasteiger charge is -2.05. The molecule has 0 N–H and O–H groups in total. The summed E-state index contributed by atoms with van der Waals surface area (Å²) in [6, 6.07) is 7.10. The van der Waals surface area contributed by atoms with Crippen molar-refractivity contribution in [3.8, 4) is 12.3 Å². The van der Waals surface area contributed by atoms with Gasteiger partial charge in [0.15, 0.2) is 11.6 Å². The molecule has 92 valence electrons. The molecule has 1 aliphatic carbocycles. The first-order chi connectivity index (χ1) is 8.75. The number of carbonyl (C=O) groups is 2. The molecule has 1 aromatic carbocycles. The highest BCUT2D eigenvalue weighted by Crippen LogP contribution is 2.29. The van der Waals surface area contributed by atoms with Crippen molar-refractivity contribution in [2.75, 3.05) is 0 Å². The van der Waals surface area contributed by atoms with E-state index in [-0.39, 0.29) is 11.6 Å². The Morgan fingerprint density at radius 2 is 1.61 bits per heavy atom. The van der Waals surface area contributed by atoms with Crippen LogP contribution in [0.5, 0.6) is 0 Å². The average Bonchev–Trinajstić information content (AvgIpc) is 2.64. The second kappa shape index (κ2) is 5.64. The van der Waals surface area contributed by atoms with Gasteiger partial charge in [0.2, 0.25) is 0 Å². The zero-order chi connectivity index (χ0) is 13.0. The summed E-state index contributed by atoms with van der Waals surface area (Å²) in [5.41, 5.74) is 1.19. The van der Waals surface area contributed by atoms with Crippen LogP contribution in [0.2, 0.25) is 0 Å². The Morgan fingerprint density at radius 3 is 2.17 bits per heavy atom. The lowest BCUT2D eigenvalue weighted by atomic mass is 9.96. The fourth-order valence-electron chi connectivity index (χ4n) is 2.42. The number of carbonyl (C=O) groups excluding carboxylic acids is 2. The number of hydrogen-bond acceptors (Lipinski definition) is 2. The van der Waals surface area contributed by atoms with Gasteiger partial charge in [-0.05, 0) is 12.8 Å². The smallest absolute Gasteiger partial charge is 0.174 e. The number of benzene rings is 1. The van der Waals surface area contributed by atoms with Crippen LogP contribution < -0.4 is 0 Å². The second-order valence-corrected chi connectivity index (χ2v) is 4.63. The molecule has 1 aliphatic rings. The Kier molecular flexibility index (Phi) is 3.94. The Bertz CT molecular complexity index is 473. The van der Waals surface area contributed by atoms with Crippen LogP contribution in [0.25, 0.3) is 0 Å². The number of fused-ring (bicyclic) bond motifs is 1. The summed E-state index contributed by atoms with van der Waals surface area (Å²) in [5.74, 6) is 2.13. The van der Waals surface area contributed by atoms with Gasteiger partial charge in [-0.3, -0.25) is 9.59 Å².